The van der Waals surface area contributed by atoms with Gasteiger partial charge >= 0.3 is 6.18 Å². The molecule has 0 atom stereocenters. The maximum absolute atomic E-state index is 12.2. The number of amides is 1. The average molecular weight is 657 g/mol. The van der Waals surface area contributed by atoms with Crippen molar-refractivity contribution in [1.82, 2.24) is 25.5 Å². The van der Waals surface area contributed by atoms with Crippen LogP contribution in [-0.2, 0) is 23.9 Å². The van der Waals surface area contributed by atoms with E-state index >= 15 is 0 Å². The lowest BCUT2D eigenvalue weighted by atomic mass is 9.95. The molecular weight excluding hydrogens is 605 g/mol. The number of rotatable bonds is 6. The second kappa shape index (κ2) is 22.0. The van der Waals surface area contributed by atoms with E-state index in [0.29, 0.717) is 22.3 Å². The first kappa shape index (κ1) is 44.5. The van der Waals surface area contributed by atoms with Crippen molar-refractivity contribution in [2.45, 2.75) is 108 Å². The smallest absolute Gasteiger partial charge is 0.347 e. The zero-order valence-electron chi connectivity index (χ0n) is 29.9. The van der Waals surface area contributed by atoms with E-state index in [4.69, 9.17) is 5.26 Å². The molecule has 0 aliphatic rings. The number of carbonyl (C=O) groups is 2. The van der Waals surface area contributed by atoms with Crippen molar-refractivity contribution in [3.63, 3.8) is 0 Å². The van der Waals surface area contributed by atoms with Crippen LogP contribution in [0.2, 0.25) is 0 Å². The molecule has 2 aromatic carbocycles. The molecule has 1 aromatic heterocycles. The number of hydrogen-bond donors (Lipinski definition) is 1. The van der Waals surface area contributed by atoms with Gasteiger partial charge in [0.15, 0.2) is 5.78 Å². The third-order valence-electron chi connectivity index (χ3n) is 5.66. The first-order valence-electron chi connectivity index (χ1n) is 15.5. The Labute approximate surface area is 278 Å². The normalized spacial score (nSPS) is 10.6. The molecule has 1 amide bonds. The largest absolute Gasteiger partial charge is 0.455 e. The van der Waals surface area contributed by atoms with E-state index in [-0.39, 0.29) is 23.8 Å². The number of carbonyl (C=O) groups excluding carboxylic acids is 2. The van der Waals surface area contributed by atoms with Crippen molar-refractivity contribution in [3.8, 4) is 6.07 Å². The summed E-state index contributed by atoms with van der Waals surface area (Å²) in [6.07, 6.45) is -2.37. The van der Waals surface area contributed by atoms with Crippen LogP contribution in [0.5, 0.6) is 0 Å². The predicted octanol–water partition coefficient (Wildman–Crippen LogP) is 8.79. The molecule has 0 unspecified atom stereocenters. The highest BCUT2D eigenvalue weighted by molar-refractivity contribution is 5.97. The van der Waals surface area contributed by atoms with E-state index in [0.717, 1.165) is 22.3 Å². The number of benzene rings is 2. The number of tetrazole rings is 1. The van der Waals surface area contributed by atoms with Crippen LogP contribution in [0.4, 0.5) is 13.2 Å². The van der Waals surface area contributed by atoms with Gasteiger partial charge in [-0.05, 0) is 94.5 Å². The molecule has 1 heterocycles. The number of alkyl halides is 3. The molecular formula is C36H51F3N6O2. The molecule has 0 radical (unpaired) electrons. The highest BCUT2D eigenvalue weighted by Crippen LogP contribution is 2.25. The average Bonchev–Trinajstić information content (AvgIpc) is 3.48. The minimum atomic E-state index is -4.62. The predicted molar refractivity (Wildman–Crippen MR) is 183 cm³/mol. The van der Waals surface area contributed by atoms with Crippen molar-refractivity contribution in [2.24, 2.45) is 0 Å². The highest BCUT2D eigenvalue weighted by Gasteiger charge is 2.36. The van der Waals surface area contributed by atoms with Gasteiger partial charge in [0, 0.05) is 11.1 Å². The molecule has 47 heavy (non-hydrogen) atoms. The van der Waals surface area contributed by atoms with Gasteiger partial charge in [-0.25, -0.2) is 0 Å². The second-order valence-electron chi connectivity index (χ2n) is 10.8. The number of aryl methyl sites for hydroxylation is 2. The Balaban J connectivity index is 0. The first-order chi connectivity index (χ1) is 21.9. The summed E-state index contributed by atoms with van der Waals surface area (Å²) in [5.41, 5.74) is 5.06. The van der Waals surface area contributed by atoms with Crippen LogP contribution < -0.4 is 5.32 Å². The molecule has 1 N–H and O–H groups in total. The number of halogens is 3. The van der Waals surface area contributed by atoms with Crippen LogP contribution in [0.15, 0.2) is 66.3 Å². The minimum absolute atomic E-state index is 0.0618. The van der Waals surface area contributed by atoms with Crippen LogP contribution in [-0.4, -0.2) is 37.4 Å². The van der Waals surface area contributed by atoms with Crippen LogP contribution in [0.1, 0.15) is 108 Å². The molecule has 0 aliphatic heterocycles. The zero-order valence-corrected chi connectivity index (χ0v) is 29.9. The summed E-state index contributed by atoms with van der Waals surface area (Å²) in [7, 11) is 0. The Kier molecular flexibility index (Phi) is 20.9. The summed E-state index contributed by atoms with van der Waals surface area (Å²) in [6.45, 7) is 26.4. The number of Topliss-reactive ketones (excluding diaryl/α,β-unsaturated/α-hetero) is 1. The molecule has 8 nitrogen and oxygen atoms in total. The van der Waals surface area contributed by atoms with E-state index < -0.39 is 12.0 Å². The SMILES string of the molecule is C=C(/C=C(\C)C(C)=O)Cn1nnc(C(F)(F)F)n1.CC.CC.CCc1c(C)cc(C#N)cc1C(=O)NC(C)(C)C.Cc1ccccc1. The van der Waals surface area contributed by atoms with Gasteiger partial charge in [0.25, 0.3) is 11.7 Å². The summed E-state index contributed by atoms with van der Waals surface area (Å²) < 4.78 is 36.6. The van der Waals surface area contributed by atoms with E-state index in [1.807, 2.05) is 86.6 Å². The topological polar surface area (TPSA) is 114 Å². The summed E-state index contributed by atoms with van der Waals surface area (Å²) >= 11 is 0. The fourth-order valence-corrected chi connectivity index (χ4v) is 3.55. The van der Waals surface area contributed by atoms with Crippen LogP contribution in [0.3, 0.4) is 0 Å². The van der Waals surface area contributed by atoms with Gasteiger partial charge in [0.2, 0.25) is 0 Å². The van der Waals surface area contributed by atoms with Gasteiger partial charge in [-0.15, -0.1) is 10.2 Å². The zero-order chi connectivity index (χ0) is 37.0. The lowest BCUT2D eigenvalue weighted by Crippen LogP contribution is -2.41. The maximum atomic E-state index is 12.2. The molecule has 3 rings (SSSR count). The molecule has 0 saturated heterocycles. The Hall–Kier alpha value is -4.59. The Morgan fingerprint density at radius 3 is 1.96 bits per heavy atom. The number of hydrogen-bond acceptors (Lipinski definition) is 6. The molecule has 11 heteroatoms. The number of aromatic nitrogens is 4. The van der Waals surface area contributed by atoms with Gasteiger partial charge in [0.1, 0.15) is 0 Å². The fourth-order valence-electron chi connectivity index (χ4n) is 3.55. The van der Waals surface area contributed by atoms with Crippen molar-refractivity contribution in [1.29, 1.82) is 5.26 Å². The molecule has 0 fully saturated rings. The summed E-state index contributed by atoms with van der Waals surface area (Å²) in [5, 5.41) is 21.2. The van der Waals surface area contributed by atoms with E-state index in [2.05, 4.69) is 52.4 Å². The van der Waals surface area contributed by atoms with Crippen LogP contribution >= 0.6 is 0 Å². The van der Waals surface area contributed by atoms with Crippen molar-refractivity contribution in [2.75, 3.05) is 0 Å². The molecule has 3 aromatic rings. The first-order valence-corrected chi connectivity index (χ1v) is 15.5. The van der Waals surface area contributed by atoms with Gasteiger partial charge in [-0.1, -0.05) is 83.2 Å². The van der Waals surface area contributed by atoms with E-state index in [9.17, 15) is 22.8 Å². The van der Waals surface area contributed by atoms with Gasteiger partial charge in [-0.3, -0.25) is 9.59 Å². The Bertz CT molecular complexity index is 1480. The molecule has 0 saturated carbocycles. The van der Waals surface area contributed by atoms with Crippen molar-refractivity contribution in [3.05, 3.63) is 99.9 Å². The molecule has 0 spiro atoms. The van der Waals surface area contributed by atoms with Gasteiger partial charge in [-0.2, -0.15) is 23.2 Å². The monoisotopic (exact) mass is 656 g/mol. The second-order valence-corrected chi connectivity index (χ2v) is 10.8. The van der Waals surface area contributed by atoms with Crippen molar-refractivity contribution < 1.29 is 22.8 Å². The third-order valence-corrected chi connectivity index (χ3v) is 5.66. The third kappa shape index (κ3) is 18.2. The van der Waals surface area contributed by atoms with Crippen LogP contribution in [0, 0.1) is 25.2 Å². The number of nitrogens with zero attached hydrogens (tertiary/aromatic N) is 5. The standard InChI is InChI=1S/C15H20N2O.C10H11F3N4O.C7H8.2C2H6/c1-6-12-10(2)7-11(9-16)8-13(12)14(18)17-15(3,4)5;1-6(4-7(2)8(3)18)5-17-15-9(14-16-17)10(11,12)13;1-7-5-3-2-4-6-7;2*1-2/h7-8H,6H2,1-5H3,(H,17,18);4H,1,5H2,2-3H3;2-6H,1H3;2*1-2H3/b;7-4+;;;. The van der Waals surface area contributed by atoms with E-state index in [1.165, 1.54) is 18.6 Å². The molecule has 0 aliphatic carbocycles. The lowest BCUT2D eigenvalue weighted by Gasteiger charge is -2.22. The van der Waals surface area contributed by atoms with Gasteiger partial charge in [0.05, 0.1) is 18.2 Å². The summed E-state index contributed by atoms with van der Waals surface area (Å²) in [4.78, 5) is 24.0. The summed E-state index contributed by atoms with van der Waals surface area (Å²) in [5.74, 6) is -1.55. The number of nitriles is 1. The Morgan fingerprint density at radius 1 is 1.02 bits per heavy atom. The molecule has 0 bridgehead atoms. The number of allylic oxidation sites excluding steroid dienone is 3. The fraction of sp³-hybridized carbons (Fsp3) is 0.444. The lowest BCUT2D eigenvalue weighted by molar-refractivity contribution is -0.145. The minimum Gasteiger partial charge on any atom is -0.347 e. The Morgan fingerprint density at radius 2 is 1.57 bits per heavy atom. The van der Waals surface area contributed by atoms with Crippen molar-refractivity contribution >= 4 is 11.7 Å². The number of ketones is 1. The quantitative estimate of drug-likeness (QED) is 0.210. The maximum Gasteiger partial charge on any atom is 0.455 e. The van der Waals surface area contributed by atoms with E-state index in [1.54, 1.807) is 13.0 Å². The summed E-state index contributed by atoms with van der Waals surface area (Å²) in [6, 6.07) is 15.9. The highest BCUT2D eigenvalue weighted by atomic mass is 19.4. The molecule has 258 valence electrons. The number of nitrogens with one attached hydrogen (secondary N) is 1. The van der Waals surface area contributed by atoms with Gasteiger partial charge < -0.3 is 5.32 Å². The van der Waals surface area contributed by atoms with Crippen LogP contribution in [0.25, 0.3) is 0 Å².